The Kier molecular flexibility index (Phi) is 7.47. The summed E-state index contributed by atoms with van der Waals surface area (Å²) in [4.78, 5) is 42.8. The number of urea groups is 1. The normalized spacial score (nSPS) is 20.9. The van der Waals surface area contributed by atoms with Gasteiger partial charge in [0.2, 0.25) is 0 Å². The van der Waals surface area contributed by atoms with Crippen LogP contribution in [-0.2, 0) is 16.0 Å². The van der Waals surface area contributed by atoms with E-state index in [0.717, 1.165) is 16.7 Å². The number of hydrogen-bond acceptors (Lipinski definition) is 4. The molecule has 0 aromatic heterocycles. The average Bonchev–Trinajstić information content (AvgIpc) is 3.10. The summed E-state index contributed by atoms with van der Waals surface area (Å²) in [5, 5.41) is 3.59. The summed E-state index contributed by atoms with van der Waals surface area (Å²) in [5.41, 5.74) is 2.61. The van der Waals surface area contributed by atoms with E-state index < -0.39 is 11.6 Å². The summed E-state index contributed by atoms with van der Waals surface area (Å²) in [6.07, 6.45) is 1.51. The van der Waals surface area contributed by atoms with Gasteiger partial charge in [-0.3, -0.25) is 14.5 Å². The zero-order valence-electron chi connectivity index (χ0n) is 20.5. The number of nitrogens with zero attached hydrogens (tertiary/aromatic N) is 2. The summed E-state index contributed by atoms with van der Waals surface area (Å²) in [7, 11) is 1.54. The van der Waals surface area contributed by atoms with Crippen LogP contribution in [0.15, 0.2) is 42.5 Å². The molecule has 4 amide bonds. The number of amides is 4. The number of halogens is 1. The first-order valence-electron chi connectivity index (χ1n) is 12.0. The van der Waals surface area contributed by atoms with Crippen LogP contribution in [-0.4, -0.2) is 66.5 Å². The number of aryl methyl sites for hydroxylation is 2. The molecule has 35 heavy (non-hydrogen) atoms. The average molecular weight is 498 g/mol. The van der Waals surface area contributed by atoms with Crippen LogP contribution in [0.1, 0.15) is 39.9 Å². The van der Waals surface area contributed by atoms with Crippen molar-refractivity contribution in [3.63, 3.8) is 0 Å². The molecule has 186 valence electrons. The van der Waals surface area contributed by atoms with Gasteiger partial charge in [-0.1, -0.05) is 35.9 Å². The highest BCUT2D eigenvalue weighted by Crippen LogP contribution is 2.38. The van der Waals surface area contributed by atoms with E-state index in [2.05, 4.69) is 5.32 Å². The molecule has 2 aromatic rings. The van der Waals surface area contributed by atoms with E-state index in [1.807, 2.05) is 55.1 Å². The molecule has 2 aliphatic rings. The highest BCUT2D eigenvalue weighted by molar-refractivity contribution is 6.31. The van der Waals surface area contributed by atoms with E-state index in [4.69, 9.17) is 16.3 Å². The Morgan fingerprint density at radius 3 is 2.49 bits per heavy atom. The molecule has 0 saturated carbocycles. The van der Waals surface area contributed by atoms with Gasteiger partial charge in [-0.2, -0.15) is 0 Å². The molecular weight excluding hydrogens is 466 g/mol. The smallest absolute Gasteiger partial charge is 0.325 e. The maximum Gasteiger partial charge on any atom is 0.325 e. The number of ether oxygens (including phenoxy) is 1. The Labute approximate surface area is 211 Å². The summed E-state index contributed by atoms with van der Waals surface area (Å²) in [6.45, 7) is 5.51. The maximum atomic E-state index is 13.7. The molecule has 2 saturated heterocycles. The fourth-order valence-electron chi connectivity index (χ4n) is 5.15. The van der Waals surface area contributed by atoms with Gasteiger partial charge in [0, 0.05) is 37.2 Å². The Hall–Kier alpha value is -2.90. The highest BCUT2D eigenvalue weighted by Gasteiger charge is 2.56. The van der Waals surface area contributed by atoms with Gasteiger partial charge in [0.15, 0.2) is 0 Å². The number of piperidine rings is 1. The van der Waals surface area contributed by atoms with E-state index in [-0.39, 0.29) is 30.9 Å². The lowest BCUT2D eigenvalue weighted by Gasteiger charge is -2.41. The quantitative estimate of drug-likeness (QED) is 0.587. The number of rotatable bonds is 7. The molecule has 2 aliphatic heterocycles. The topological polar surface area (TPSA) is 79.0 Å². The monoisotopic (exact) mass is 497 g/mol. The standard InChI is InChI=1S/C27H32ClN3O4/c1-18-8-9-20(16-19(18)2)24(32)30-12-10-22(11-13-30)27(17-21-6-4-5-7-23(21)28)25(33)31(14-15-35-3)26(34)29-27/h4-9,16,22H,10-15,17H2,1-3H3,(H,29,34)/t27-/m0/s1. The first kappa shape index (κ1) is 25.2. The Bertz CT molecular complexity index is 1130. The lowest BCUT2D eigenvalue weighted by molar-refractivity contribution is -0.134. The number of carbonyl (C=O) groups is 3. The van der Waals surface area contributed by atoms with Crippen molar-refractivity contribution in [2.45, 2.75) is 38.6 Å². The third-order valence-corrected chi connectivity index (χ3v) is 7.75. The van der Waals surface area contributed by atoms with E-state index in [1.165, 1.54) is 12.0 Å². The number of hydrogen-bond donors (Lipinski definition) is 1. The van der Waals surface area contributed by atoms with Crippen molar-refractivity contribution in [3.05, 3.63) is 69.7 Å². The van der Waals surface area contributed by atoms with Crippen LogP contribution in [0, 0.1) is 19.8 Å². The summed E-state index contributed by atoms with van der Waals surface area (Å²) >= 11 is 6.45. The summed E-state index contributed by atoms with van der Waals surface area (Å²) in [5.74, 6) is -0.389. The largest absolute Gasteiger partial charge is 0.383 e. The number of benzene rings is 2. The highest BCUT2D eigenvalue weighted by atomic mass is 35.5. The Morgan fingerprint density at radius 2 is 1.83 bits per heavy atom. The Balaban J connectivity index is 1.56. The molecule has 0 unspecified atom stereocenters. The van der Waals surface area contributed by atoms with Crippen molar-refractivity contribution < 1.29 is 19.1 Å². The minimum absolute atomic E-state index is 0.00444. The van der Waals surface area contributed by atoms with Crippen LogP contribution < -0.4 is 5.32 Å². The van der Waals surface area contributed by atoms with Crippen LogP contribution in [0.25, 0.3) is 0 Å². The number of carbonyl (C=O) groups excluding carboxylic acids is 3. The first-order chi connectivity index (χ1) is 16.8. The molecule has 2 heterocycles. The van der Waals surface area contributed by atoms with Gasteiger partial charge in [0.25, 0.3) is 11.8 Å². The van der Waals surface area contributed by atoms with Crippen molar-refractivity contribution in [2.24, 2.45) is 5.92 Å². The second-order valence-corrected chi connectivity index (χ2v) is 9.89. The van der Waals surface area contributed by atoms with Crippen LogP contribution in [0.4, 0.5) is 4.79 Å². The van der Waals surface area contributed by atoms with Gasteiger partial charge in [0.05, 0.1) is 13.2 Å². The zero-order valence-corrected chi connectivity index (χ0v) is 21.2. The molecule has 4 rings (SSSR count). The van der Waals surface area contributed by atoms with E-state index in [1.54, 1.807) is 6.07 Å². The molecule has 7 nitrogen and oxygen atoms in total. The Morgan fingerprint density at radius 1 is 1.11 bits per heavy atom. The summed E-state index contributed by atoms with van der Waals surface area (Å²) in [6, 6.07) is 12.8. The summed E-state index contributed by atoms with van der Waals surface area (Å²) < 4.78 is 5.11. The van der Waals surface area contributed by atoms with Gasteiger partial charge >= 0.3 is 6.03 Å². The fraction of sp³-hybridized carbons (Fsp3) is 0.444. The van der Waals surface area contributed by atoms with Crippen LogP contribution in [0.5, 0.6) is 0 Å². The molecule has 8 heteroatoms. The maximum absolute atomic E-state index is 13.7. The lowest BCUT2D eigenvalue weighted by Crippen LogP contribution is -2.58. The van der Waals surface area contributed by atoms with Gasteiger partial charge in [-0.05, 0) is 67.5 Å². The molecule has 2 fully saturated rings. The van der Waals surface area contributed by atoms with Gasteiger partial charge in [-0.25, -0.2) is 4.79 Å². The molecule has 1 N–H and O–H groups in total. The zero-order chi connectivity index (χ0) is 25.2. The van der Waals surface area contributed by atoms with Crippen LogP contribution in [0.2, 0.25) is 5.02 Å². The molecule has 2 aromatic carbocycles. The molecule has 0 spiro atoms. The number of methoxy groups -OCH3 is 1. The van der Waals surface area contributed by atoms with Gasteiger partial charge in [0.1, 0.15) is 5.54 Å². The molecular formula is C27H32ClN3O4. The number of likely N-dealkylation sites (tertiary alicyclic amines) is 1. The van der Waals surface area contributed by atoms with Gasteiger partial charge in [-0.15, -0.1) is 0 Å². The predicted octanol–water partition coefficient (Wildman–Crippen LogP) is 3.99. The van der Waals surface area contributed by atoms with E-state index >= 15 is 0 Å². The SMILES string of the molecule is COCCN1C(=O)N[C@@](Cc2ccccc2Cl)(C2CCN(C(=O)c3ccc(C)c(C)c3)CC2)C1=O. The van der Waals surface area contributed by atoms with Gasteiger partial charge < -0.3 is 15.0 Å². The fourth-order valence-corrected chi connectivity index (χ4v) is 5.35. The van der Waals surface area contributed by atoms with Crippen molar-refractivity contribution in [1.29, 1.82) is 0 Å². The van der Waals surface area contributed by atoms with Crippen LogP contribution >= 0.6 is 11.6 Å². The second kappa shape index (κ2) is 10.4. The molecule has 0 aliphatic carbocycles. The number of imide groups is 1. The third-order valence-electron chi connectivity index (χ3n) is 7.38. The van der Waals surface area contributed by atoms with Crippen molar-refractivity contribution in [2.75, 3.05) is 33.4 Å². The van der Waals surface area contributed by atoms with Crippen molar-refractivity contribution in [3.8, 4) is 0 Å². The second-order valence-electron chi connectivity index (χ2n) is 9.48. The van der Waals surface area contributed by atoms with E-state index in [0.29, 0.717) is 42.9 Å². The van der Waals surface area contributed by atoms with E-state index in [9.17, 15) is 14.4 Å². The van der Waals surface area contributed by atoms with Crippen molar-refractivity contribution in [1.82, 2.24) is 15.1 Å². The third kappa shape index (κ3) is 4.93. The van der Waals surface area contributed by atoms with Crippen LogP contribution in [0.3, 0.4) is 0 Å². The minimum Gasteiger partial charge on any atom is -0.383 e. The molecule has 0 bridgehead atoms. The molecule has 1 atom stereocenters. The lowest BCUT2D eigenvalue weighted by atomic mass is 9.73. The predicted molar refractivity (Wildman–Crippen MR) is 135 cm³/mol. The number of nitrogens with one attached hydrogen (secondary N) is 1. The molecule has 0 radical (unpaired) electrons. The minimum atomic E-state index is -1.11. The van der Waals surface area contributed by atoms with Crippen molar-refractivity contribution >= 4 is 29.4 Å². The first-order valence-corrected chi connectivity index (χ1v) is 12.4.